The summed E-state index contributed by atoms with van der Waals surface area (Å²) in [4.78, 5) is 4.80. The smallest absolute Gasteiger partial charge is 0.129 e. The molecule has 0 spiro atoms. The fraction of sp³-hybridized carbons (Fsp3) is 0.667. The van der Waals surface area contributed by atoms with Gasteiger partial charge in [-0.15, -0.1) is 0 Å². The Hall–Kier alpha value is -1.09. The summed E-state index contributed by atoms with van der Waals surface area (Å²) < 4.78 is 0. The van der Waals surface area contributed by atoms with Crippen LogP contribution in [0.4, 0.5) is 5.82 Å². The summed E-state index contributed by atoms with van der Waals surface area (Å²) in [6.45, 7) is 7.35. The molecule has 0 aliphatic carbocycles. The highest BCUT2D eigenvalue weighted by molar-refractivity contribution is 5.47. The quantitative estimate of drug-likeness (QED) is 0.801. The summed E-state index contributed by atoms with van der Waals surface area (Å²) in [5.41, 5.74) is 2.68. The van der Waals surface area contributed by atoms with Crippen LogP contribution in [0.2, 0.25) is 0 Å². The first-order valence-electron chi connectivity index (χ1n) is 7.38. The van der Waals surface area contributed by atoms with E-state index in [0.717, 1.165) is 25.5 Å². The molecule has 100 valence electrons. The van der Waals surface area contributed by atoms with E-state index >= 15 is 0 Å². The molecule has 0 bridgehead atoms. The molecule has 0 radical (unpaired) electrons. The molecule has 2 N–H and O–H groups in total. The first kappa shape index (κ1) is 13.3. The predicted molar refractivity (Wildman–Crippen MR) is 77.2 cm³/mol. The highest BCUT2D eigenvalue weighted by Crippen LogP contribution is 2.27. The van der Waals surface area contributed by atoms with Crippen molar-refractivity contribution in [3.63, 3.8) is 0 Å². The molecule has 1 aromatic rings. The molecule has 18 heavy (non-hydrogen) atoms. The highest BCUT2D eigenvalue weighted by atomic mass is 15.0. The zero-order valence-corrected chi connectivity index (χ0v) is 11.6. The van der Waals surface area contributed by atoms with Crippen LogP contribution in [0.3, 0.4) is 0 Å². The molecular weight excluding hydrogens is 222 g/mol. The van der Waals surface area contributed by atoms with Gasteiger partial charge in [0.15, 0.2) is 0 Å². The van der Waals surface area contributed by atoms with Crippen molar-refractivity contribution in [3.8, 4) is 0 Å². The topological polar surface area (TPSA) is 37.0 Å². The van der Waals surface area contributed by atoms with Gasteiger partial charge in [-0.1, -0.05) is 19.9 Å². The fourth-order valence-electron chi connectivity index (χ4n) is 2.69. The minimum atomic E-state index is 0.662. The molecule has 0 unspecified atom stereocenters. The van der Waals surface area contributed by atoms with Crippen LogP contribution in [0.1, 0.15) is 50.3 Å². The Morgan fingerprint density at radius 3 is 2.67 bits per heavy atom. The first-order valence-corrected chi connectivity index (χ1v) is 7.38. The monoisotopic (exact) mass is 247 g/mol. The Bertz CT molecular complexity index is 370. The van der Waals surface area contributed by atoms with Gasteiger partial charge in [-0.05, 0) is 50.4 Å². The Morgan fingerprint density at radius 1 is 1.11 bits per heavy atom. The van der Waals surface area contributed by atoms with Crippen LogP contribution in [-0.2, 0) is 6.42 Å². The van der Waals surface area contributed by atoms with Crippen molar-refractivity contribution < 1.29 is 0 Å². The second kappa shape index (κ2) is 6.74. The third kappa shape index (κ3) is 3.02. The normalized spacial score (nSPS) is 19.2. The number of aromatic nitrogens is 1. The van der Waals surface area contributed by atoms with E-state index in [1.54, 1.807) is 0 Å². The van der Waals surface area contributed by atoms with Crippen LogP contribution >= 0.6 is 0 Å². The van der Waals surface area contributed by atoms with Crippen molar-refractivity contribution in [3.05, 3.63) is 23.4 Å². The van der Waals surface area contributed by atoms with Gasteiger partial charge >= 0.3 is 0 Å². The minimum absolute atomic E-state index is 0.662. The van der Waals surface area contributed by atoms with Gasteiger partial charge in [0, 0.05) is 18.2 Å². The lowest BCUT2D eigenvalue weighted by Gasteiger charge is -2.24. The van der Waals surface area contributed by atoms with E-state index in [-0.39, 0.29) is 0 Å². The van der Waals surface area contributed by atoms with Crippen molar-refractivity contribution in [2.75, 3.05) is 25.0 Å². The zero-order valence-electron chi connectivity index (χ0n) is 11.6. The number of aryl methyl sites for hydroxylation is 1. The van der Waals surface area contributed by atoms with Gasteiger partial charge in [0.1, 0.15) is 5.82 Å². The summed E-state index contributed by atoms with van der Waals surface area (Å²) in [5.74, 6) is 1.80. The van der Waals surface area contributed by atoms with Gasteiger partial charge in [0.05, 0.1) is 0 Å². The van der Waals surface area contributed by atoms with Crippen molar-refractivity contribution in [2.24, 2.45) is 0 Å². The third-order valence-corrected chi connectivity index (χ3v) is 3.67. The van der Waals surface area contributed by atoms with Crippen LogP contribution in [0.25, 0.3) is 0 Å². The van der Waals surface area contributed by atoms with E-state index in [1.165, 1.54) is 36.9 Å². The molecule has 3 nitrogen and oxygen atoms in total. The van der Waals surface area contributed by atoms with Gasteiger partial charge < -0.3 is 10.6 Å². The number of rotatable bonds is 1. The Labute approximate surface area is 110 Å². The van der Waals surface area contributed by atoms with Gasteiger partial charge in [0.25, 0.3) is 0 Å². The van der Waals surface area contributed by atoms with Gasteiger partial charge in [-0.3, -0.25) is 0 Å². The van der Waals surface area contributed by atoms with E-state index in [0.29, 0.717) is 5.92 Å². The fourth-order valence-corrected chi connectivity index (χ4v) is 2.69. The number of anilines is 1. The van der Waals surface area contributed by atoms with E-state index in [9.17, 15) is 0 Å². The minimum Gasteiger partial charge on any atom is -0.370 e. The number of hydrogen-bond donors (Lipinski definition) is 2. The molecule has 1 fully saturated rings. The maximum absolute atomic E-state index is 4.80. The number of nitrogens with one attached hydrogen (secondary N) is 2. The number of piperidine rings is 1. The van der Waals surface area contributed by atoms with Crippen LogP contribution in [0, 0.1) is 0 Å². The van der Waals surface area contributed by atoms with Gasteiger partial charge in [-0.25, -0.2) is 4.98 Å². The first-order chi connectivity index (χ1) is 8.93. The van der Waals surface area contributed by atoms with Crippen molar-refractivity contribution in [1.29, 1.82) is 0 Å². The maximum atomic E-state index is 4.80. The lowest BCUT2D eigenvalue weighted by Crippen LogP contribution is -2.27. The van der Waals surface area contributed by atoms with E-state index < -0.39 is 0 Å². The second-order valence-corrected chi connectivity index (χ2v) is 4.80. The number of fused-ring (bicyclic) bond motifs is 1. The van der Waals surface area contributed by atoms with E-state index in [2.05, 4.69) is 22.8 Å². The van der Waals surface area contributed by atoms with Crippen molar-refractivity contribution in [1.82, 2.24) is 10.3 Å². The molecular formula is C15H25N3. The van der Waals surface area contributed by atoms with Crippen LogP contribution in [-0.4, -0.2) is 24.6 Å². The van der Waals surface area contributed by atoms with E-state index in [4.69, 9.17) is 4.98 Å². The summed E-state index contributed by atoms with van der Waals surface area (Å²) in [6.07, 6.45) is 4.88. The SMILES string of the molecule is CC.c1cc2c(nc1C1CCNCC1)NCCC2. The summed E-state index contributed by atoms with van der Waals surface area (Å²) in [5, 5.41) is 6.82. The molecule has 1 saturated heterocycles. The predicted octanol–water partition coefficient (Wildman–Crippen LogP) is 2.93. The van der Waals surface area contributed by atoms with E-state index in [1.807, 2.05) is 13.8 Å². The standard InChI is InChI=1S/C13H19N3.C2H6/c1-2-11-3-4-12(16-13(11)15-7-1)10-5-8-14-9-6-10;1-2/h3-4,10,14H,1-2,5-9H2,(H,15,16);1-2H3. The average molecular weight is 247 g/mol. The Balaban J connectivity index is 0.000000574. The van der Waals surface area contributed by atoms with Crippen molar-refractivity contribution in [2.45, 2.75) is 45.4 Å². The second-order valence-electron chi connectivity index (χ2n) is 4.80. The molecule has 0 amide bonds. The van der Waals surface area contributed by atoms with Gasteiger partial charge in [0.2, 0.25) is 0 Å². The number of nitrogens with zero attached hydrogens (tertiary/aromatic N) is 1. The molecule has 3 rings (SSSR count). The highest BCUT2D eigenvalue weighted by Gasteiger charge is 2.18. The summed E-state index contributed by atoms with van der Waals surface area (Å²) in [6, 6.07) is 4.51. The number of hydrogen-bond acceptors (Lipinski definition) is 3. The third-order valence-electron chi connectivity index (χ3n) is 3.67. The lowest BCUT2D eigenvalue weighted by molar-refractivity contribution is 0.453. The van der Waals surface area contributed by atoms with Crippen LogP contribution in [0.5, 0.6) is 0 Å². The molecule has 3 heteroatoms. The molecule has 2 aliphatic heterocycles. The lowest BCUT2D eigenvalue weighted by atomic mass is 9.93. The molecule has 3 heterocycles. The molecule has 0 saturated carbocycles. The Morgan fingerprint density at radius 2 is 1.89 bits per heavy atom. The number of pyridine rings is 1. The van der Waals surface area contributed by atoms with Crippen molar-refractivity contribution >= 4 is 5.82 Å². The molecule has 1 aromatic heterocycles. The largest absolute Gasteiger partial charge is 0.370 e. The zero-order chi connectivity index (χ0) is 12.8. The molecule has 2 aliphatic rings. The summed E-state index contributed by atoms with van der Waals surface area (Å²) in [7, 11) is 0. The summed E-state index contributed by atoms with van der Waals surface area (Å²) >= 11 is 0. The van der Waals surface area contributed by atoms with Crippen LogP contribution in [0.15, 0.2) is 12.1 Å². The molecule has 0 aromatic carbocycles. The van der Waals surface area contributed by atoms with Gasteiger partial charge in [-0.2, -0.15) is 0 Å². The molecule has 0 atom stereocenters. The van der Waals surface area contributed by atoms with Crippen LogP contribution < -0.4 is 10.6 Å². The average Bonchev–Trinajstić information content (AvgIpc) is 2.50. The Kier molecular flexibility index (Phi) is 5.00. The maximum Gasteiger partial charge on any atom is 0.129 e.